The molecule has 108 valence electrons. The molecule has 0 aliphatic heterocycles. The molecule has 3 nitrogen and oxygen atoms in total. The zero-order chi connectivity index (χ0) is 14.3. The Kier molecular flexibility index (Phi) is 7.03. The molecule has 0 spiro atoms. The monoisotopic (exact) mass is 263 g/mol. The van der Waals surface area contributed by atoms with Crippen LogP contribution in [0.3, 0.4) is 0 Å². The Morgan fingerprint density at radius 3 is 2.16 bits per heavy atom. The average Bonchev–Trinajstić information content (AvgIpc) is 2.41. The minimum absolute atomic E-state index is 0.301. The highest BCUT2D eigenvalue weighted by atomic mass is 15.2. The van der Waals surface area contributed by atoms with Crippen molar-refractivity contribution in [3.05, 3.63) is 30.1 Å². The lowest BCUT2D eigenvalue weighted by molar-refractivity contribution is 0.112. The highest BCUT2D eigenvalue weighted by molar-refractivity contribution is 5.16. The molecule has 0 amide bonds. The number of aromatic nitrogens is 1. The van der Waals surface area contributed by atoms with Crippen LogP contribution in [0.5, 0.6) is 0 Å². The molecular formula is C16H29N3. The van der Waals surface area contributed by atoms with E-state index in [9.17, 15) is 0 Å². The van der Waals surface area contributed by atoms with Crippen LogP contribution in [0.4, 0.5) is 0 Å². The van der Waals surface area contributed by atoms with Gasteiger partial charge in [-0.1, -0.05) is 27.7 Å². The van der Waals surface area contributed by atoms with Gasteiger partial charge in [0.05, 0.1) is 0 Å². The summed E-state index contributed by atoms with van der Waals surface area (Å²) in [4.78, 5) is 6.69. The molecule has 1 aromatic rings. The summed E-state index contributed by atoms with van der Waals surface area (Å²) in [5.74, 6) is 0.650. The first-order valence-corrected chi connectivity index (χ1v) is 7.49. The van der Waals surface area contributed by atoms with Gasteiger partial charge in [0.15, 0.2) is 0 Å². The molecule has 0 saturated heterocycles. The fourth-order valence-corrected chi connectivity index (χ4v) is 2.76. The van der Waals surface area contributed by atoms with E-state index >= 15 is 0 Å². The molecule has 0 aromatic carbocycles. The van der Waals surface area contributed by atoms with Crippen LogP contribution in [-0.2, 0) is 0 Å². The van der Waals surface area contributed by atoms with Gasteiger partial charge in [-0.05, 0) is 36.5 Å². The molecule has 0 saturated carbocycles. The van der Waals surface area contributed by atoms with E-state index in [-0.39, 0.29) is 0 Å². The van der Waals surface area contributed by atoms with E-state index in [2.05, 4.69) is 49.7 Å². The molecule has 1 unspecified atom stereocenters. The summed E-state index contributed by atoms with van der Waals surface area (Å²) in [5, 5.41) is 0. The van der Waals surface area contributed by atoms with Gasteiger partial charge < -0.3 is 5.73 Å². The van der Waals surface area contributed by atoms with Gasteiger partial charge in [0.25, 0.3) is 0 Å². The van der Waals surface area contributed by atoms with Crippen molar-refractivity contribution in [3.63, 3.8) is 0 Å². The van der Waals surface area contributed by atoms with E-state index < -0.39 is 0 Å². The number of nitrogens with two attached hydrogens (primary N) is 1. The second-order valence-electron chi connectivity index (χ2n) is 5.59. The normalized spacial score (nSPS) is 13.5. The molecule has 0 bridgehead atoms. The minimum Gasteiger partial charge on any atom is -0.329 e. The quantitative estimate of drug-likeness (QED) is 0.783. The second kappa shape index (κ2) is 8.28. The average molecular weight is 263 g/mol. The molecule has 1 atom stereocenters. The van der Waals surface area contributed by atoms with E-state index in [0.29, 0.717) is 24.5 Å². The van der Waals surface area contributed by atoms with Crippen molar-refractivity contribution in [2.24, 2.45) is 11.7 Å². The third kappa shape index (κ3) is 4.59. The number of pyridine rings is 1. The van der Waals surface area contributed by atoms with Crippen molar-refractivity contribution in [1.29, 1.82) is 0 Å². The lowest BCUT2D eigenvalue weighted by Gasteiger charge is -2.38. The van der Waals surface area contributed by atoms with Crippen molar-refractivity contribution in [2.75, 3.05) is 13.1 Å². The molecule has 2 N–H and O–H groups in total. The SMILES string of the molecule is CCC(CC)N(CC(C)C)C(CN)c1ccncc1. The second-order valence-corrected chi connectivity index (χ2v) is 5.59. The van der Waals surface area contributed by atoms with Crippen LogP contribution in [0.25, 0.3) is 0 Å². The summed E-state index contributed by atoms with van der Waals surface area (Å²) in [6.07, 6.45) is 6.06. The van der Waals surface area contributed by atoms with Gasteiger partial charge in [0.2, 0.25) is 0 Å². The summed E-state index contributed by atoms with van der Waals surface area (Å²) in [7, 11) is 0. The fraction of sp³-hybridized carbons (Fsp3) is 0.688. The maximum atomic E-state index is 6.07. The van der Waals surface area contributed by atoms with Gasteiger partial charge in [-0.3, -0.25) is 9.88 Å². The third-order valence-corrected chi connectivity index (χ3v) is 3.70. The smallest absolute Gasteiger partial charge is 0.0474 e. The van der Waals surface area contributed by atoms with Crippen molar-refractivity contribution in [2.45, 2.75) is 52.6 Å². The Labute approximate surface area is 118 Å². The van der Waals surface area contributed by atoms with Crippen LogP contribution in [0.15, 0.2) is 24.5 Å². The van der Waals surface area contributed by atoms with Crippen molar-refractivity contribution >= 4 is 0 Å². The Hall–Kier alpha value is -0.930. The van der Waals surface area contributed by atoms with Crippen LogP contribution < -0.4 is 5.73 Å². The van der Waals surface area contributed by atoms with Crippen LogP contribution in [0.2, 0.25) is 0 Å². The number of hydrogen-bond donors (Lipinski definition) is 1. The van der Waals surface area contributed by atoms with E-state index in [0.717, 1.165) is 6.54 Å². The lowest BCUT2D eigenvalue weighted by atomic mass is 10.00. The minimum atomic E-state index is 0.301. The summed E-state index contributed by atoms with van der Waals surface area (Å²) in [5.41, 5.74) is 7.35. The third-order valence-electron chi connectivity index (χ3n) is 3.70. The molecule has 1 rings (SSSR count). The van der Waals surface area contributed by atoms with E-state index in [4.69, 9.17) is 5.73 Å². The molecule has 0 aliphatic carbocycles. The highest BCUT2D eigenvalue weighted by Gasteiger charge is 2.25. The fourth-order valence-electron chi connectivity index (χ4n) is 2.76. The zero-order valence-electron chi connectivity index (χ0n) is 12.8. The summed E-state index contributed by atoms with van der Waals surface area (Å²) in [6, 6.07) is 5.08. The molecule has 0 aliphatic rings. The molecule has 1 aromatic heterocycles. The number of rotatable bonds is 8. The number of hydrogen-bond acceptors (Lipinski definition) is 3. The predicted molar refractivity (Wildman–Crippen MR) is 81.9 cm³/mol. The Morgan fingerprint density at radius 2 is 1.74 bits per heavy atom. The maximum Gasteiger partial charge on any atom is 0.0474 e. The number of nitrogens with zero attached hydrogens (tertiary/aromatic N) is 2. The van der Waals surface area contributed by atoms with E-state index in [1.54, 1.807) is 0 Å². The molecule has 0 fully saturated rings. The summed E-state index contributed by atoms with van der Waals surface area (Å²) in [6.45, 7) is 10.8. The predicted octanol–water partition coefficient (Wildman–Crippen LogP) is 3.23. The van der Waals surface area contributed by atoms with Crippen LogP contribution in [0.1, 0.15) is 52.1 Å². The van der Waals surface area contributed by atoms with Gasteiger partial charge in [-0.15, -0.1) is 0 Å². The van der Waals surface area contributed by atoms with Gasteiger partial charge in [0.1, 0.15) is 0 Å². The Balaban J connectivity index is 2.98. The first-order chi connectivity index (χ1) is 9.13. The first-order valence-electron chi connectivity index (χ1n) is 7.49. The summed E-state index contributed by atoms with van der Waals surface area (Å²) >= 11 is 0. The standard InChI is InChI=1S/C16H29N3/c1-5-15(6-2)19(12-13(3)4)16(11-17)14-7-9-18-10-8-14/h7-10,13,15-16H,5-6,11-12,17H2,1-4H3. The van der Waals surface area contributed by atoms with Crippen LogP contribution in [-0.4, -0.2) is 29.0 Å². The first kappa shape index (κ1) is 16.1. The van der Waals surface area contributed by atoms with Gasteiger partial charge in [0, 0.05) is 37.6 Å². The van der Waals surface area contributed by atoms with Crippen molar-refractivity contribution < 1.29 is 0 Å². The van der Waals surface area contributed by atoms with Gasteiger partial charge >= 0.3 is 0 Å². The molecule has 0 radical (unpaired) electrons. The van der Waals surface area contributed by atoms with Crippen molar-refractivity contribution in [1.82, 2.24) is 9.88 Å². The molecular weight excluding hydrogens is 234 g/mol. The van der Waals surface area contributed by atoms with Crippen molar-refractivity contribution in [3.8, 4) is 0 Å². The van der Waals surface area contributed by atoms with E-state index in [1.165, 1.54) is 18.4 Å². The van der Waals surface area contributed by atoms with Crippen LogP contribution in [0, 0.1) is 5.92 Å². The topological polar surface area (TPSA) is 42.1 Å². The Morgan fingerprint density at radius 1 is 1.16 bits per heavy atom. The zero-order valence-corrected chi connectivity index (χ0v) is 12.8. The molecule has 1 heterocycles. The Bertz CT molecular complexity index is 333. The largest absolute Gasteiger partial charge is 0.329 e. The van der Waals surface area contributed by atoms with E-state index in [1.807, 2.05) is 12.4 Å². The van der Waals surface area contributed by atoms with Crippen LogP contribution >= 0.6 is 0 Å². The maximum absolute atomic E-state index is 6.07. The summed E-state index contributed by atoms with van der Waals surface area (Å²) < 4.78 is 0. The highest BCUT2D eigenvalue weighted by Crippen LogP contribution is 2.25. The van der Waals surface area contributed by atoms with Gasteiger partial charge in [-0.25, -0.2) is 0 Å². The lowest BCUT2D eigenvalue weighted by Crippen LogP contribution is -2.43. The van der Waals surface area contributed by atoms with Gasteiger partial charge in [-0.2, -0.15) is 0 Å². The molecule has 3 heteroatoms. The molecule has 19 heavy (non-hydrogen) atoms.